The maximum atomic E-state index is 12.8. The molecule has 2 fully saturated rings. The molecule has 24 heavy (non-hydrogen) atoms. The Bertz CT molecular complexity index is 612. The number of fused-ring (bicyclic) bond motifs is 1. The fourth-order valence-electron chi connectivity index (χ4n) is 3.95. The van der Waals surface area contributed by atoms with Crippen molar-refractivity contribution in [2.24, 2.45) is 17.8 Å². The van der Waals surface area contributed by atoms with Gasteiger partial charge in [0.1, 0.15) is 18.0 Å². The SMILES string of the molecule is COc1cc(CN(CC(=O)O)C(=O)C2C3CCCC32)cc(OC)c1. The van der Waals surface area contributed by atoms with E-state index in [1.54, 1.807) is 32.4 Å². The van der Waals surface area contributed by atoms with Crippen LogP contribution in [0.3, 0.4) is 0 Å². The molecule has 1 aromatic carbocycles. The minimum atomic E-state index is -0.996. The third kappa shape index (κ3) is 3.32. The predicted octanol–water partition coefficient (Wildman–Crippen LogP) is 2.16. The first-order valence-electron chi connectivity index (χ1n) is 8.26. The number of hydrogen-bond acceptors (Lipinski definition) is 4. The van der Waals surface area contributed by atoms with E-state index in [0.29, 0.717) is 23.3 Å². The number of carboxylic acids is 1. The number of nitrogens with zero attached hydrogens (tertiary/aromatic N) is 1. The highest BCUT2D eigenvalue weighted by atomic mass is 16.5. The predicted molar refractivity (Wildman–Crippen MR) is 86.9 cm³/mol. The van der Waals surface area contributed by atoms with Gasteiger partial charge in [-0.15, -0.1) is 0 Å². The molecule has 0 spiro atoms. The summed E-state index contributed by atoms with van der Waals surface area (Å²) in [6.45, 7) is -0.0388. The van der Waals surface area contributed by atoms with Crippen LogP contribution in [0.4, 0.5) is 0 Å². The smallest absolute Gasteiger partial charge is 0.323 e. The molecule has 0 bridgehead atoms. The molecule has 1 N–H and O–H groups in total. The van der Waals surface area contributed by atoms with Gasteiger partial charge in [0.2, 0.25) is 5.91 Å². The summed E-state index contributed by atoms with van der Waals surface area (Å²) >= 11 is 0. The molecule has 130 valence electrons. The van der Waals surface area contributed by atoms with Crippen LogP contribution in [0, 0.1) is 17.8 Å². The number of methoxy groups -OCH3 is 2. The minimum Gasteiger partial charge on any atom is -0.497 e. The van der Waals surface area contributed by atoms with Gasteiger partial charge in [0, 0.05) is 18.5 Å². The van der Waals surface area contributed by atoms with E-state index in [9.17, 15) is 14.7 Å². The number of carbonyl (C=O) groups excluding carboxylic acids is 1. The first kappa shape index (κ1) is 16.6. The highest BCUT2D eigenvalue weighted by Crippen LogP contribution is 2.58. The van der Waals surface area contributed by atoms with Crippen LogP contribution in [0.15, 0.2) is 18.2 Å². The molecule has 2 unspecified atom stereocenters. The Kier molecular flexibility index (Phi) is 4.64. The van der Waals surface area contributed by atoms with E-state index in [1.807, 2.05) is 0 Å². The molecule has 0 radical (unpaired) electrons. The third-order valence-corrected chi connectivity index (χ3v) is 5.11. The zero-order valence-electron chi connectivity index (χ0n) is 14.0. The molecule has 2 aliphatic carbocycles. The van der Waals surface area contributed by atoms with Crippen molar-refractivity contribution < 1.29 is 24.2 Å². The summed E-state index contributed by atoms with van der Waals surface area (Å²) in [5, 5.41) is 9.17. The molecular formula is C18H23NO5. The van der Waals surface area contributed by atoms with Crippen LogP contribution in [-0.4, -0.2) is 42.6 Å². The largest absolute Gasteiger partial charge is 0.497 e. The number of aliphatic carboxylic acids is 1. The monoisotopic (exact) mass is 333 g/mol. The average molecular weight is 333 g/mol. The van der Waals surface area contributed by atoms with Gasteiger partial charge < -0.3 is 19.5 Å². The normalized spacial score (nSPS) is 24.2. The van der Waals surface area contributed by atoms with Crippen molar-refractivity contribution in [3.63, 3.8) is 0 Å². The molecule has 0 aliphatic heterocycles. The molecule has 6 heteroatoms. The average Bonchev–Trinajstić information content (AvgIpc) is 3.04. The third-order valence-electron chi connectivity index (χ3n) is 5.11. The van der Waals surface area contributed by atoms with E-state index < -0.39 is 5.97 Å². The Morgan fingerprint density at radius 3 is 2.21 bits per heavy atom. The molecule has 3 rings (SSSR count). The van der Waals surface area contributed by atoms with Crippen molar-refractivity contribution in [1.82, 2.24) is 4.90 Å². The van der Waals surface area contributed by atoms with Gasteiger partial charge in [-0.2, -0.15) is 0 Å². The summed E-state index contributed by atoms with van der Waals surface area (Å²) in [5.74, 6) is 1.16. The van der Waals surface area contributed by atoms with Crippen molar-refractivity contribution in [2.75, 3.05) is 20.8 Å². The lowest BCUT2D eigenvalue weighted by atomic mass is 10.1. The van der Waals surface area contributed by atoms with Crippen molar-refractivity contribution in [3.8, 4) is 11.5 Å². The second-order valence-electron chi connectivity index (χ2n) is 6.59. The lowest BCUT2D eigenvalue weighted by Gasteiger charge is -2.22. The van der Waals surface area contributed by atoms with E-state index in [2.05, 4.69) is 0 Å². The molecule has 0 saturated heterocycles. The summed E-state index contributed by atoms with van der Waals surface area (Å²) in [4.78, 5) is 25.4. The van der Waals surface area contributed by atoms with E-state index in [0.717, 1.165) is 18.4 Å². The lowest BCUT2D eigenvalue weighted by molar-refractivity contribution is -0.145. The van der Waals surface area contributed by atoms with Crippen LogP contribution in [0.5, 0.6) is 11.5 Å². The van der Waals surface area contributed by atoms with E-state index in [1.165, 1.54) is 11.3 Å². The van der Waals surface area contributed by atoms with Gasteiger partial charge in [0.15, 0.2) is 0 Å². The first-order chi connectivity index (χ1) is 11.5. The molecule has 1 amide bonds. The second-order valence-corrected chi connectivity index (χ2v) is 6.59. The zero-order chi connectivity index (χ0) is 17.3. The zero-order valence-corrected chi connectivity index (χ0v) is 14.0. The summed E-state index contributed by atoms with van der Waals surface area (Å²) in [7, 11) is 3.12. The maximum absolute atomic E-state index is 12.8. The molecule has 2 aliphatic rings. The Morgan fingerprint density at radius 2 is 1.71 bits per heavy atom. The van der Waals surface area contributed by atoms with Crippen molar-refractivity contribution in [2.45, 2.75) is 25.8 Å². The summed E-state index contributed by atoms with van der Waals surface area (Å²) in [5.41, 5.74) is 0.798. The molecule has 6 nitrogen and oxygen atoms in total. The molecule has 0 heterocycles. The van der Waals surface area contributed by atoms with Gasteiger partial charge in [-0.05, 0) is 42.4 Å². The highest BCUT2D eigenvalue weighted by molar-refractivity contribution is 5.85. The summed E-state index contributed by atoms with van der Waals surface area (Å²) in [6, 6.07) is 5.36. The number of ether oxygens (including phenoxy) is 2. The fourth-order valence-corrected chi connectivity index (χ4v) is 3.95. The topological polar surface area (TPSA) is 76.1 Å². The van der Waals surface area contributed by atoms with Gasteiger partial charge >= 0.3 is 5.97 Å². The summed E-state index contributed by atoms with van der Waals surface area (Å²) in [6.07, 6.45) is 3.37. The molecule has 2 atom stereocenters. The number of carboxylic acid groups (broad SMARTS) is 1. The molecule has 1 aromatic rings. The van der Waals surface area contributed by atoms with Crippen LogP contribution in [-0.2, 0) is 16.1 Å². The number of carbonyl (C=O) groups is 2. The first-order valence-corrected chi connectivity index (χ1v) is 8.26. The van der Waals surface area contributed by atoms with Gasteiger partial charge in [0.05, 0.1) is 14.2 Å². The van der Waals surface area contributed by atoms with Crippen LogP contribution < -0.4 is 9.47 Å². The maximum Gasteiger partial charge on any atom is 0.323 e. The Labute approximate surface area is 141 Å². The van der Waals surface area contributed by atoms with Crippen LogP contribution in [0.2, 0.25) is 0 Å². The van der Waals surface area contributed by atoms with Gasteiger partial charge in [-0.3, -0.25) is 9.59 Å². The molecule has 2 saturated carbocycles. The van der Waals surface area contributed by atoms with Crippen LogP contribution in [0.25, 0.3) is 0 Å². The van der Waals surface area contributed by atoms with Crippen molar-refractivity contribution in [1.29, 1.82) is 0 Å². The minimum absolute atomic E-state index is 0.0191. The number of amides is 1. The number of benzene rings is 1. The van der Waals surface area contributed by atoms with Gasteiger partial charge in [-0.25, -0.2) is 0 Å². The fraction of sp³-hybridized carbons (Fsp3) is 0.556. The quantitative estimate of drug-likeness (QED) is 0.827. The van der Waals surface area contributed by atoms with E-state index >= 15 is 0 Å². The summed E-state index contributed by atoms with van der Waals surface area (Å²) < 4.78 is 10.5. The van der Waals surface area contributed by atoms with E-state index in [-0.39, 0.29) is 24.9 Å². The van der Waals surface area contributed by atoms with Crippen LogP contribution >= 0.6 is 0 Å². The Balaban J connectivity index is 1.77. The van der Waals surface area contributed by atoms with Gasteiger partial charge in [0.25, 0.3) is 0 Å². The Hall–Kier alpha value is -2.24. The Morgan fingerprint density at radius 1 is 1.12 bits per heavy atom. The number of hydrogen-bond donors (Lipinski definition) is 1. The molecule has 0 aromatic heterocycles. The molecular weight excluding hydrogens is 310 g/mol. The standard InChI is InChI=1S/C18H23NO5/c1-23-12-6-11(7-13(8-12)24-2)9-19(10-16(20)21)18(22)17-14-4-3-5-15(14)17/h6-8,14-15,17H,3-5,9-10H2,1-2H3,(H,20,21). The highest BCUT2D eigenvalue weighted by Gasteiger charge is 2.57. The lowest BCUT2D eigenvalue weighted by Crippen LogP contribution is -2.37. The van der Waals surface area contributed by atoms with Crippen LogP contribution in [0.1, 0.15) is 24.8 Å². The van der Waals surface area contributed by atoms with Crippen molar-refractivity contribution in [3.05, 3.63) is 23.8 Å². The van der Waals surface area contributed by atoms with Crippen molar-refractivity contribution >= 4 is 11.9 Å². The van der Waals surface area contributed by atoms with E-state index in [4.69, 9.17) is 9.47 Å². The van der Waals surface area contributed by atoms with Gasteiger partial charge in [-0.1, -0.05) is 6.42 Å². The second kappa shape index (κ2) is 6.71. The number of rotatable bonds is 7.